The van der Waals surface area contributed by atoms with Crippen LogP contribution in [0.3, 0.4) is 0 Å². The van der Waals surface area contributed by atoms with E-state index in [9.17, 15) is 5.11 Å². The van der Waals surface area contributed by atoms with Crippen LogP contribution in [0.15, 0.2) is 11.6 Å². The van der Waals surface area contributed by atoms with E-state index in [4.69, 9.17) is 4.74 Å². The first-order valence-corrected chi connectivity index (χ1v) is 13.6. The summed E-state index contributed by atoms with van der Waals surface area (Å²) < 4.78 is 5.02. The van der Waals surface area contributed by atoms with E-state index in [0.29, 0.717) is 6.61 Å². The molecule has 160 valence electrons. The van der Waals surface area contributed by atoms with Gasteiger partial charge in [-0.3, -0.25) is 0 Å². The molecule has 4 heteroatoms. The number of aliphatic hydroxyl groups excluding tert-OH is 1. The van der Waals surface area contributed by atoms with E-state index in [0.717, 1.165) is 0 Å². The summed E-state index contributed by atoms with van der Waals surface area (Å²) in [6.45, 7) is 26.5. The molecule has 26 heavy (non-hydrogen) atoms. The van der Waals surface area contributed by atoms with Crippen LogP contribution in [0.1, 0.15) is 108 Å². The van der Waals surface area contributed by atoms with Gasteiger partial charge in [-0.25, -0.2) is 0 Å². The Hall–Kier alpha value is 0.356. The minimum Gasteiger partial charge on any atom is -0.481 e. The maximum absolute atomic E-state index is 9.42. The van der Waals surface area contributed by atoms with Crippen molar-refractivity contribution >= 4 is 32.0 Å². The summed E-state index contributed by atoms with van der Waals surface area (Å²) >= 11 is 0. The van der Waals surface area contributed by atoms with Gasteiger partial charge in [-0.1, -0.05) is 114 Å². The van der Waals surface area contributed by atoms with Crippen LogP contribution in [-0.4, -0.2) is 43.7 Å². The van der Waals surface area contributed by atoms with E-state index in [2.05, 4.69) is 75.4 Å². The van der Waals surface area contributed by atoms with Gasteiger partial charge in [0.05, 0.1) is 14.7 Å². The number of ether oxygens (including phenoxy) is 1. The largest absolute Gasteiger partial charge is 0.481 e. The Kier molecular flexibility index (Phi) is 36.2. The van der Waals surface area contributed by atoms with Crippen LogP contribution >= 0.6 is 0 Å². The van der Waals surface area contributed by atoms with Gasteiger partial charge >= 0.3 is 0 Å². The van der Waals surface area contributed by atoms with Crippen molar-refractivity contribution in [2.45, 2.75) is 126 Å². The van der Waals surface area contributed by atoms with Gasteiger partial charge in [-0.05, 0) is 17.7 Å². The zero-order valence-corrected chi connectivity index (χ0v) is 24.2. The van der Waals surface area contributed by atoms with Crippen molar-refractivity contribution in [3.05, 3.63) is 11.6 Å². The molecule has 0 aromatic rings. The predicted molar refractivity (Wildman–Crippen MR) is 127 cm³/mol. The monoisotopic (exact) mass is 496 g/mol. The van der Waals surface area contributed by atoms with E-state index in [-0.39, 0.29) is 34.9 Å². The Morgan fingerprint density at radius 1 is 0.769 bits per heavy atom. The van der Waals surface area contributed by atoms with Crippen LogP contribution in [0, 0.1) is 0 Å². The molecule has 0 heterocycles. The van der Waals surface area contributed by atoms with E-state index in [1.165, 1.54) is 38.5 Å². The standard InChI is InChI=1S/C10H22O2Si.3C4H10.Sn/c1-7-12-9(11)8-13(5,6)10(2,3)4;3*1-3-4-2;/h8,11H,7H2,1-6H3;3*3-4H2,1-2H3;/b9-8+;;;;. The van der Waals surface area contributed by atoms with Gasteiger partial charge in [-0.15, -0.1) is 0 Å². The van der Waals surface area contributed by atoms with Crippen LogP contribution < -0.4 is 0 Å². The molecular formula is C22H52O2SiSn. The van der Waals surface area contributed by atoms with E-state index < -0.39 is 8.07 Å². The van der Waals surface area contributed by atoms with Gasteiger partial charge in [0, 0.05) is 23.9 Å². The molecule has 0 aliphatic carbocycles. The molecule has 0 unspecified atom stereocenters. The normalized spacial score (nSPS) is 10.7. The van der Waals surface area contributed by atoms with E-state index >= 15 is 0 Å². The zero-order chi connectivity index (χ0) is 20.9. The molecule has 0 spiro atoms. The topological polar surface area (TPSA) is 29.5 Å². The summed E-state index contributed by atoms with van der Waals surface area (Å²) in [6.07, 6.45) is 7.92. The minimum absolute atomic E-state index is 0. The van der Waals surface area contributed by atoms with Gasteiger partial charge in [-0.2, -0.15) is 0 Å². The second kappa shape index (κ2) is 25.4. The van der Waals surface area contributed by atoms with Crippen molar-refractivity contribution in [3.8, 4) is 0 Å². The molecule has 0 aromatic carbocycles. The van der Waals surface area contributed by atoms with Crippen molar-refractivity contribution in [2.24, 2.45) is 0 Å². The molecule has 0 aliphatic heterocycles. The Bertz CT molecular complexity index is 256. The summed E-state index contributed by atoms with van der Waals surface area (Å²) in [7, 11) is -1.54. The number of unbranched alkanes of at least 4 members (excludes halogenated alkanes) is 3. The molecule has 0 aliphatic rings. The summed E-state index contributed by atoms with van der Waals surface area (Å²) in [5.74, 6) is 0.0918. The van der Waals surface area contributed by atoms with Crippen LogP contribution in [-0.2, 0) is 4.74 Å². The molecule has 0 atom stereocenters. The minimum atomic E-state index is -1.54. The number of hydrogen-bond acceptors (Lipinski definition) is 2. The van der Waals surface area contributed by atoms with E-state index in [1.54, 1.807) is 0 Å². The third-order valence-electron chi connectivity index (χ3n) is 4.21. The summed E-state index contributed by atoms with van der Waals surface area (Å²) in [5.41, 5.74) is 1.91. The van der Waals surface area contributed by atoms with Crippen LogP contribution in [0.25, 0.3) is 0 Å². The predicted octanol–water partition coefficient (Wildman–Crippen LogP) is 8.51. The first-order valence-electron chi connectivity index (χ1n) is 10.5. The fourth-order valence-corrected chi connectivity index (χ4v) is 1.85. The number of hydrogen-bond donors (Lipinski definition) is 1. The Morgan fingerprint density at radius 3 is 1.19 bits per heavy atom. The Labute approximate surface area is 185 Å². The van der Waals surface area contributed by atoms with Crippen molar-refractivity contribution in [2.75, 3.05) is 6.61 Å². The molecule has 0 saturated carbocycles. The fourth-order valence-electron chi connectivity index (χ4n) is 0.715. The summed E-state index contributed by atoms with van der Waals surface area (Å²) in [5, 5.41) is 9.67. The first kappa shape index (κ1) is 37.2. The quantitative estimate of drug-likeness (QED) is 0.296. The number of rotatable bonds is 6. The SMILES string of the molecule is CCCC.CCCC.CCCC.CCO/C(O)=C/[Si](C)(C)C(C)(C)C.[Sn]. The Morgan fingerprint density at radius 2 is 1.04 bits per heavy atom. The number of aliphatic hydroxyl groups is 1. The van der Waals surface area contributed by atoms with Crippen LogP contribution in [0.2, 0.25) is 18.1 Å². The average Bonchev–Trinajstić information content (AvgIpc) is 2.54. The molecule has 0 amide bonds. The van der Waals surface area contributed by atoms with Gasteiger partial charge in [0.15, 0.2) is 0 Å². The third kappa shape index (κ3) is 32.1. The van der Waals surface area contributed by atoms with Gasteiger partial charge in [0.25, 0.3) is 5.95 Å². The molecule has 0 aromatic heterocycles. The Balaban J connectivity index is -0.0000000933. The second-order valence-corrected chi connectivity index (χ2v) is 13.1. The molecule has 2 nitrogen and oxygen atoms in total. The van der Waals surface area contributed by atoms with Crippen molar-refractivity contribution in [1.29, 1.82) is 0 Å². The molecular weight excluding hydrogens is 443 g/mol. The molecule has 1 N–H and O–H groups in total. The smallest absolute Gasteiger partial charge is 0.268 e. The van der Waals surface area contributed by atoms with Gasteiger partial charge < -0.3 is 9.84 Å². The average molecular weight is 495 g/mol. The molecule has 0 bridgehead atoms. The third-order valence-corrected chi connectivity index (χ3v) is 9.04. The van der Waals surface area contributed by atoms with Crippen LogP contribution in [0.5, 0.6) is 0 Å². The van der Waals surface area contributed by atoms with Crippen molar-refractivity contribution < 1.29 is 9.84 Å². The van der Waals surface area contributed by atoms with Crippen LogP contribution in [0.4, 0.5) is 0 Å². The zero-order valence-electron chi connectivity index (χ0n) is 20.4. The molecule has 4 radical (unpaired) electrons. The maximum atomic E-state index is 9.42. The molecule has 0 rings (SSSR count). The van der Waals surface area contributed by atoms with Gasteiger partial charge in [0.1, 0.15) is 0 Å². The second-order valence-electron chi connectivity index (χ2n) is 7.89. The first-order chi connectivity index (χ1) is 11.4. The summed E-state index contributed by atoms with van der Waals surface area (Å²) in [6, 6.07) is 0. The van der Waals surface area contributed by atoms with Crippen molar-refractivity contribution in [3.63, 3.8) is 0 Å². The maximum Gasteiger partial charge on any atom is 0.268 e. The van der Waals surface area contributed by atoms with Gasteiger partial charge in [0.2, 0.25) is 0 Å². The fraction of sp³-hybridized carbons (Fsp3) is 0.909. The summed E-state index contributed by atoms with van der Waals surface area (Å²) in [4.78, 5) is 0. The van der Waals surface area contributed by atoms with Crippen molar-refractivity contribution in [1.82, 2.24) is 0 Å². The molecule has 0 saturated heterocycles. The van der Waals surface area contributed by atoms with E-state index in [1.807, 2.05) is 12.6 Å². The molecule has 0 fully saturated rings.